The summed E-state index contributed by atoms with van der Waals surface area (Å²) in [6.07, 6.45) is 1.29. The first kappa shape index (κ1) is 20.0. The lowest BCUT2D eigenvalue weighted by atomic mass is 10.1. The summed E-state index contributed by atoms with van der Waals surface area (Å²) in [4.78, 5) is 39.5. The molecule has 0 saturated carbocycles. The number of benzene rings is 2. The van der Waals surface area contributed by atoms with Crippen molar-refractivity contribution in [2.45, 2.75) is 13.2 Å². The highest BCUT2D eigenvalue weighted by molar-refractivity contribution is 5.98. The van der Waals surface area contributed by atoms with Crippen LogP contribution in [0.2, 0.25) is 0 Å². The molecule has 2 amide bonds. The Morgan fingerprint density at radius 1 is 1.03 bits per heavy atom. The summed E-state index contributed by atoms with van der Waals surface area (Å²) in [6, 6.07) is 12.8. The highest BCUT2D eigenvalue weighted by atomic mass is 19.3. The van der Waals surface area contributed by atoms with Crippen molar-refractivity contribution in [2.75, 3.05) is 6.54 Å². The molecule has 7 nitrogen and oxygen atoms in total. The van der Waals surface area contributed by atoms with Crippen molar-refractivity contribution >= 4 is 22.7 Å². The van der Waals surface area contributed by atoms with Gasteiger partial charge in [0, 0.05) is 29.2 Å². The van der Waals surface area contributed by atoms with Crippen LogP contribution in [0.4, 0.5) is 8.78 Å². The number of H-pyrrole nitrogens is 1. The van der Waals surface area contributed by atoms with Gasteiger partial charge in [-0.05, 0) is 18.2 Å². The zero-order chi connectivity index (χ0) is 20.8. The topological polar surface area (TPSA) is 100 Å². The van der Waals surface area contributed by atoms with Gasteiger partial charge in [-0.15, -0.1) is 0 Å². The van der Waals surface area contributed by atoms with E-state index in [9.17, 15) is 23.2 Å². The molecule has 0 spiro atoms. The first-order chi connectivity index (χ1) is 14.0. The summed E-state index contributed by atoms with van der Waals surface area (Å²) in [5, 5.41) is 5.23. The molecule has 150 valence electrons. The van der Waals surface area contributed by atoms with Crippen LogP contribution in [0.25, 0.3) is 10.9 Å². The van der Waals surface area contributed by atoms with Crippen molar-refractivity contribution in [3.8, 4) is 5.75 Å². The highest BCUT2D eigenvalue weighted by Gasteiger charge is 2.14. The van der Waals surface area contributed by atoms with E-state index in [4.69, 9.17) is 0 Å². The molecular weight excluding hydrogens is 384 g/mol. The van der Waals surface area contributed by atoms with E-state index in [1.165, 1.54) is 24.4 Å². The molecule has 0 unspecified atom stereocenters. The molecule has 0 bridgehead atoms. The number of alkyl halides is 2. The summed E-state index contributed by atoms with van der Waals surface area (Å²) in [5.41, 5.74) is 0.387. The molecule has 0 saturated heterocycles. The number of aromatic amines is 1. The number of rotatable bonds is 7. The number of hydrogen-bond donors (Lipinski definition) is 3. The quantitative estimate of drug-likeness (QED) is 0.565. The van der Waals surface area contributed by atoms with E-state index in [1.807, 2.05) is 0 Å². The zero-order valence-electron chi connectivity index (χ0n) is 15.1. The molecule has 0 aliphatic rings. The van der Waals surface area contributed by atoms with Crippen LogP contribution >= 0.6 is 0 Å². The minimum absolute atomic E-state index is 0.0467. The molecule has 0 atom stereocenters. The number of pyridine rings is 1. The Hall–Kier alpha value is -3.75. The number of halogens is 2. The number of amides is 2. The number of para-hydroxylation sites is 2. The third-order valence-corrected chi connectivity index (χ3v) is 4.11. The normalized spacial score (nSPS) is 10.7. The monoisotopic (exact) mass is 401 g/mol. The molecule has 0 fully saturated rings. The Morgan fingerprint density at radius 3 is 2.55 bits per heavy atom. The van der Waals surface area contributed by atoms with Gasteiger partial charge in [-0.3, -0.25) is 14.4 Å². The van der Waals surface area contributed by atoms with Crippen molar-refractivity contribution < 1.29 is 23.1 Å². The Bertz CT molecular complexity index is 1100. The molecular formula is C20H17F2N3O4. The fourth-order valence-corrected chi connectivity index (χ4v) is 2.71. The van der Waals surface area contributed by atoms with E-state index < -0.39 is 23.9 Å². The van der Waals surface area contributed by atoms with Crippen molar-refractivity contribution in [2.24, 2.45) is 0 Å². The SMILES string of the molecule is O=C(CNC(=O)c1c[nH]c2ccccc2c1=O)NCc1ccccc1OC(F)F. The van der Waals surface area contributed by atoms with E-state index in [0.29, 0.717) is 16.5 Å². The van der Waals surface area contributed by atoms with Gasteiger partial charge in [0.05, 0.1) is 6.54 Å². The summed E-state index contributed by atoms with van der Waals surface area (Å²) in [7, 11) is 0. The van der Waals surface area contributed by atoms with Gasteiger partial charge in [0.15, 0.2) is 0 Å². The largest absolute Gasteiger partial charge is 0.434 e. The maximum atomic E-state index is 12.4. The molecule has 3 N–H and O–H groups in total. The predicted molar refractivity (Wildman–Crippen MR) is 102 cm³/mol. The molecule has 3 aromatic rings. The van der Waals surface area contributed by atoms with Crippen molar-refractivity contribution in [1.82, 2.24) is 15.6 Å². The van der Waals surface area contributed by atoms with Crippen molar-refractivity contribution in [3.63, 3.8) is 0 Å². The van der Waals surface area contributed by atoms with E-state index in [-0.39, 0.29) is 24.4 Å². The van der Waals surface area contributed by atoms with Gasteiger partial charge in [-0.1, -0.05) is 30.3 Å². The average Bonchev–Trinajstić information content (AvgIpc) is 2.71. The molecule has 3 rings (SSSR count). The first-order valence-corrected chi connectivity index (χ1v) is 8.63. The van der Waals surface area contributed by atoms with Gasteiger partial charge >= 0.3 is 6.61 Å². The molecule has 0 aliphatic heterocycles. The molecule has 0 radical (unpaired) electrons. The molecule has 1 aromatic heterocycles. The minimum atomic E-state index is -2.98. The Kier molecular flexibility index (Phi) is 6.18. The van der Waals surface area contributed by atoms with Crippen LogP contribution in [-0.2, 0) is 11.3 Å². The Balaban J connectivity index is 1.58. The standard InChI is InChI=1S/C20H17F2N3O4/c21-20(22)29-16-8-4-1-5-12(16)9-24-17(26)11-25-19(28)14-10-23-15-7-3-2-6-13(15)18(14)27/h1-8,10,20H,9,11H2,(H,23,27)(H,24,26)(H,25,28). The maximum Gasteiger partial charge on any atom is 0.387 e. The van der Waals surface area contributed by atoms with Crippen molar-refractivity contribution in [3.05, 3.63) is 76.1 Å². The van der Waals surface area contributed by atoms with Gasteiger partial charge in [-0.2, -0.15) is 8.78 Å². The first-order valence-electron chi connectivity index (χ1n) is 8.63. The molecule has 2 aromatic carbocycles. The predicted octanol–water partition coefficient (Wildman–Crippen LogP) is 2.18. The fourth-order valence-electron chi connectivity index (χ4n) is 2.71. The van der Waals surface area contributed by atoms with Crippen LogP contribution in [0.1, 0.15) is 15.9 Å². The number of carbonyl (C=O) groups is 2. The van der Waals surface area contributed by atoms with Gasteiger partial charge < -0.3 is 20.4 Å². The third kappa shape index (κ3) is 4.95. The van der Waals surface area contributed by atoms with Crippen LogP contribution < -0.4 is 20.8 Å². The summed E-state index contributed by atoms with van der Waals surface area (Å²) in [6.45, 7) is -3.43. The highest BCUT2D eigenvalue weighted by Crippen LogP contribution is 2.19. The van der Waals surface area contributed by atoms with Gasteiger partial charge in [0.1, 0.15) is 11.3 Å². The average molecular weight is 401 g/mol. The number of aromatic nitrogens is 1. The zero-order valence-corrected chi connectivity index (χ0v) is 15.1. The van der Waals surface area contributed by atoms with E-state index >= 15 is 0 Å². The maximum absolute atomic E-state index is 12.4. The van der Waals surface area contributed by atoms with Crippen LogP contribution in [0, 0.1) is 0 Å². The van der Waals surface area contributed by atoms with E-state index in [1.54, 1.807) is 30.3 Å². The number of nitrogens with one attached hydrogen (secondary N) is 3. The van der Waals surface area contributed by atoms with E-state index in [2.05, 4.69) is 20.4 Å². The number of hydrogen-bond acceptors (Lipinski definition) is 4. The van der Waals surface area contributed by atoms with Crippen LogP contribution in [0.15, 0.2) is 59.5 Å². The lowest BCUT2D eigenvalue weighted by Gasteiger charge is -2.11. The van der Waals surface area contributed by atoms with Gasteiger partial charge in [0.25, 0.3) is 5.91 Å². The second kappa shape index (κ2) is 8.96. The van der Waals surface area contributed by atoms with Crippen molar-refractivity contribution in [1.29, 1.82) is 0 Å². The molecule has 0 aliphatic carbocycles. The fraction of sp³-hybridized carbons (Fsp3) is 0.150. The van der Waals surface area contributed by atoms with Crippen LogP contribution in [0.5, 0.6) is 5.75 Å². The molecule has 1 heterocycles. The van der Waals surface area contributed by atoms with Crippen LogP contribution in [0.3, 0.4) is 0 Å². The molecule has 9 heteroatoms. The van der Waals surface area contributed by atoms with Crippen LogP contribution in [-0.4, -0.2) is 30.0 Å². The second-order valence-electron chi connectivity index (χ2n) is 6.02. The Morgan fingerprint density at radius 2 is 1.76 bits per heavy atom. The molecule has 29 heavy (non-hydrogen) atoms. The second-order valence-corrected chi connectivity index (χ2v) is 6.02. The summed E-state index contributed by atoms with van der Waals surface area (Å²) < 4.78 is 29.2. The smallest absolute Gasteiger partial charge is 0.387 e. The number of carbonyl (C=O) groups excluding carboxylic acids is 2. The number of fused-ring (bicyclic) bond motifs is 1. The van der Waals surface area contributed by atoms with Gasteiger partial charge in [-0.25, -0.2) is 0 Å². The lowest BCUT2D eigenvalue weighted by Crippen LogP contribution is -2.38. The third-order valence-electron chi connectivity index (χ3n) is 4.11. The van der Waals surface area contributed by atoms with E-state index in [0.717, 1.165) is 0 Å². The number of ether oxygens (including phenoxy) is 1. The minimum Gasteiger partial charge on any atom is -0.434 e. The van der Waals surface area contributed by atoms with Gasteiger partial charge in [0.2, 0.25) is 11.3 Å². The Labute approximate surface area is 163 Å². The lowest BCUT2D eigenvalue weighted by molar-refractivity contribution is -0.120. The summed E-state index contributed by atoms with van der Waals surface area (Å²) in [5.74, 6) is -1.30. The summed E-state index contributed by atoms with van der Waals surface area (Å²) >= 11 is 0.